The van der Waals surface area contributed by atoms with E-state index >= 15 is 0 Å². The maximum atomic E-state index is 5.29. The number of nitrogens with one attached hydrogen (secondary N) is 2. The molecule has 5 nitrogen and oxygen atoms in total. The average molecular weight is 290 g/mol. The molecule has 0 unspecified atom stereocenters. The number of rotatable bonds is 4. The average Bonchev–Trinajstić information content (AvgIpc) is 2.75. The Morgan fingerprint density at radius 1 is 1.40 bits per heavy atom. The summed E-state index contributed by atoms with van der Waals surface area (Å²) in [6.07, 6.45) is 0. The molecule has 2 N–H and O–H groups in total. The lowest BCUT2D eigenvalue weighted by molar-refractivity contribution is 0.417. The Kier molecular flexibility index (Phi) is 4.57. The molecule has 0 aliphatic heterocycles. The van der Waals surface area contributed by atoms with Crippen LogP contribution < -0.4 is 15.4 Å². The molecular formula is C14H18N4OS. The molecule has 106 valence electrons. The van der Waals surface area contributed by atoms with Crippen LogP contribution in [0.2, 0.25) is 0 Å². The summed E-state index contributed by atoms with van der Waals surface area (Å²) in [4.78, 5) is 0. The first-order valence-electron chi connectivity index (χ1n) is 6.27. The van der Waals surface area contributed by atoms with Crippen LogP contribution in [0.15, 0.2) is 30.3 Å². The van der Waals surface area contributed by atoms with Crippen molar-refractivity contribution < 1.29 is 4.74 Å². The number of aromatic nitrogens is 2. The van der Waals surface area contributed by atoms with Gasteiger partial charge in [-0.2, -0.15) is 5.10 Å². The number of hydrogen-bond acceptors (Lipinski definition) is 3. The van der Waals surface area contributed by atoms with Crippen LogP contribution in [0.3, 0.4) is 0 Å². The first-order chi connectivity index (χ1) is 9.60. The highest BCUT2D eigenvalue weighted by Crippen LogP contribution is 2.22. The number of aryl methyl sites for hydroxylation is 2. The minimum atomic E-state index is 0.549. The molecule has 20 heavy (non-hydrogen) atoms. The molecule has 0 spiro atoms. The van der Waals surface area contributed by atoms with E-state index in [4.69, 9.17) is 17.0 Å². The van der Waals surface area contributed by atoms with Gasteiger partial charge >= 0.3 is 0 Å². The molecule has 1 aromatic heterocycles. The number of hydrogen-bond donors (Lipinski definition) is 2. The largest absolute Gasteiger partial charge is 0.495 e. The molecule has 0 saturated heterocycles. The van der Waals surface area contributed by atoms with E-state index in [0.29, 0.717) is 11.7 Å². The van der Waals surface area contributed by atoms with Crippen LogP contribution in [-0.2, 0) is 13.6 Å². The SMILES string of the molecule is COc1ccccc1NC(=S)NCc1cc(C)nn1C. The van der Waals surface area contributed by atoms with Crippen molar-refractivity contribution in [3.05, 3.63) is 41.7 Å². The molecule has 0 bridgehead atoms. The van der Waals surface area contributed by atoms with Gasteiger partial charge < -0.3 is 15.4 Å². The predicted molar refractivity (Wildman–Crippen MR) is 84.0 cm³/mol. The molecule has 2 rings (SSSR count). The second kappa shape index (κ2) is 6.38. The van der Waals surface area contributed by atoms with Crippen molar-refractivity contribution in [1.29, 1.82) is 0 Å². The summed E-state index contributed by atoms with van der Waals surface area (Å²) in [5.74, 6) is 0.757. The Morgan fingerprint density at radius 2 is 2.15 bits per heavy atom. The van der Waals surface area contributed by atoms with Gasteiger partial charge in [0.15, 0.2) is 5.11 Å². The van der Waals surface area contributed by atoms with Crippen molar-refractivity contribution in [3.8, 4) is 5.75 Å². The van der Waals surface area contributed by atoms with Crippen molar-refractivity contribution in [2.75, 3.05) is 12.4 Å². The van der Waals surface area contributed by atoms with Gasteiger partial charge in [-0.15, -0.1) is 0 Å². The van der Waals surface area contributed by atoms with E-state index in [2.05, 4.69) is 15.7 Å². The lowest BCUT2D eigenvalue weighted by atomic mass is 10.3. The third kappa shape index (κ3) is 3.48. The summed E-state index contributed by atoms with van der Waals surface area (Å²) in [5, 5.41) is 11.1. The van der Waals surface area contributed by atoms with E-state index in [0.717, 1.165) is 22.8 Å². The van der Waals surface area contributed by atoms with Crippen molar-refractivity contribution in [2.24, 2.45) is 7.05 Å². The second-order valence-electron chi connectivity index (χ2n) is 4.41. The van der Waals surface area contributed by atoms with Crippen molar-refractivity contribution >= 4 is 23.0 Å². The Labute approximate surface area is 123 Å². The second-order valence-corrected chi connectivity index (χ2v) is 4.82. The first-order valence-corrected chi connectivity index (χ1v) is 6.68. The molecule has 0 saturated carbocycles. The molecule has 2 aromatic rings. The minimum Gasteiger partial charge on any atom is -0.495 e. The summed E-state index contributed by atoms with van der Waals surface area (Å²) < 4.78 is 7.11. The van der Waals surface area contributed by atoms with E-state index in [1.54, 1.807) is 7.11 Å². The fraction of sp³-hybridized carbons (Fsp3) is 0.286. The third-order valence-corrected chi connectivity index (χ3v) is 3.13. The molecular weight excluding hydrogens is 272 g/mol. The van der Waals surface area contributed by atoms with Gasteiger partial charge in [-0.05, 0) is 37.3 Å². The van der Waals surface area contributed by atoms with E-state index in [1.165, 1.54) is 0 Å². The van der Waals surface area contributed by atoms with Gasteiger partial charge in [0.25, 0.3) is 0 Å². The van der Waals surface area contributed by atoms with Crippen LogP contribution >= 0.6 is 12.2 Å². The van der Waals surface area contributed by atoms with Gasteiger partial charge in [0.2, 0.25) is 0 Å². The highest BCUT2D eigenvalue weighted by molar-refractivity contribution is 7.80. The smallest absolute Gasteiger partial charge is 0.171 e. The lowest BCUT2D eigenvalue weighted by Gasteiger charge is -2.13. The number of ether oxygens (including phenoxy) is 1. The summed E-state index contributed by atoms with van der Waals surface area (Å²) in [7, 11) is 3.55. The van der Waals surface area contributed by atoms with E-state index < -0.39 is 0 Å². The van der Waals surface area contributed by atoms with E-state index in [9.17, 15) is 0 Å². The number of para-hydroxylation sites is 2. The molecule has 1 aromatic carbocycles. The van der Waals surface area contributed by atoms with Crippen molar-refractivity contribution in [3.63, 3.8) is 0 Å². The topological polar surface area (TPSA) is 51.1 Å². The van der Waals surface area contributed by atoms with Gasteiger partial charge in [0.05, 0.1) is 30.7 Å². The molecule has 0 atom stereocenters. The van der Waals surface area contributed by atoms with E-state index in [-0.39, 0.29) is 0 Å². The van der Waals surface area contributed by atoms with Gasteiger partial charge in [0.1, 0.15) is 5.75 Å². The number of methoxy groups -OCH3 is 1. The standard InChI is InChI=1S/C14H18N4OS/c1-10-8-11(18(2)17-10)9-15-14(20)16-12-6-4-5-7-13(12)19-3/h4-8H,9H2,1-3H3,(H2,15,16,20). The molecule has 1 heterocycles. The molecule has 0 radical (unpaired) electrons. The van der Waals surface area contributed by atoms with Crippen LogP contribution in [0, 0.1) is 6.92 Å². The summed E-state index contributed by atoms with van der Waals surface area (Å²) in [5.41, 5.74) is 2.91. The Hall–Kier alpha value is -2.08. The number of thiocarbonyl (C=S) groups is 1. The van der Waals surface area contributed by atoms with Crippen molar-refractivity contribution in [1.82, 2.24) is 15.1 Å². The van der Waals surface area contributed by atoms with Crippen LogP contribution in [0.4, 0.5) is 5.69 Å². The summed E-state index contributed by atoms with van der Waals surface area (Å²) >= 11 is 5.29. The maximum absolute atomic E-state index is 5.29. The molecule has 0 aliphatic rings. The van der Waals surface area contributed by atoms with Crippen LogP contribution in [0.1, 0.15) is 11.4 Å². The highest BCUT2D eigenvalue weighted by Gasteiger charge is 2.05. The zero-order valence-corrected chi connectivity index (χ0v) is 12.6. The summed E-state index contributed by atoms with van der Waals surface area (Å²) in [6.45, 7) is 2.59. The minimum absolute atomic E-state index is 0.549. The molecule has 0 aliphatic carbocycles. The zero-order valence-electron chi connectivity index (χ0n) is 11.8. The van der Waals surface area contributed by atoms with Gasteiger partial charge in [0, 0.05) is 7.05 Å². The number of anilines is 1. The third-order valence-electron chi connectivity index (χ3n) is 2.88. The van der Waals surface area contributed by atoms with Crippen LogP contribution in [0.5, 0.6) is 5.75 Å². The Balaban J connectivity index is 1.94. The lowest BCUT2D eigenvalue weighted by Crippen LogP contribution is -2.28. The molecule has 0 amide bonds. The number of nitrogens with zero attached hydrogens (tertiary/aromatic N) is 2. The van der Waals surface area contributed by atoms with Crippen molar-refractivity contribution in [2.45, 2.75) is 13.5 Å². The predicted octanol–water partition coefficient (Wildman–Crippen LogP) is 2.22. The maximum Gasteiger partial charge on any atom is 0.171 e. The fourth-order valence-electron chi connectivity index (χ4n) is 1.91. The Morgan fingerprint density at radius 3 is 2.80 bits per heavy atom. The monoisotopic (exact) mass is 290 g/mol. The summed E-state index contributed by atoms with van der Waals surface area (Å²) in [6, 6.07) is 9.67. The molecule has 0 fully saturated rings. The zero-order chi connectivity index (χ0) is 14.5. The Bertz CT molecular complexity index is 609. The number of benzene rings is 1. The van der Waals surface area contributed by atoms with E-state index in [1.807, 2.05) is 49.0 Å². The normalized spacial score (nSPS) is 10.2. The van der Waals surface area contributed by atoms with Gasteiger partial charge in [-0.3, -0.25) is 4.68 Å². The fourth-order valence-corrected chi connectivity index (χ4v) is 2.10. The quantitative estimate of drug-likeness (QED) is 0.846. The van der Waals surface area contributed by atoms with Gasteiger partial charge in [-0.25, -0.2) is 0 Å². The highest BCUT2D eigenvalue weighted by atomic mass is 32.1. The van der Waals surface area contributed by atoms with Crippen LogP contribution in [0.25, 0.3) is 0 Å². The first kappa shape index (κ1) is 14.3. The van der Waals surface area contributed by atoms with Gasteiger partial charge in [-0.1, -0.05) is 12.1 Å². The van der Waals surface area contributed by atoms with Crippen LogP contribution in [-0.4, -0.2) is 22.0 Å². The molecule has 6 heteroatoms.